The van der Waals surface area contributed by atoms with Crippen molar-refractivity contribution in [2.45, 2.75) is 18.9 Å². The molecule has 17 heavy (non-hydrogen) atoms. The topological polar surface area (TPSA) is 88.3 Å². The SMILES string of the molecule is O=[N+]([O-])c1cnc(NCC(O)C2CC2)c(Br)c1. The summed E-state index contributed by atoms with van der Waals surface area (Å²) in [5.74, 6) is 0.898. The van der Waals surface area contributed by atoms with Crippen LogP contribution in [-0.4, -0.2) is 27.7 Å². The fourth-order valence-electron chi connectivity index (χ4n) is 1.51. The third-order valence-electron chi connectivity index (χ3n) is 2.68. The Labute approximate surface area is 106 Å². The first kappa shape index (κ1) is 12.3. The van der Waals surface area contributed by atoms with Gasteiger partial charge in [-0.2, -0.15) is 0 Å². The largest absolute Gasteiger partial charge is 0.391 e. The summed E-state index contributed by atoms with van der Waals surface area (Å²) < 4.78 is 0.523. The number of halogens is 1. The summed E-state index contributed by atoms with van der Waals surface area (Å²) in [5, 5.41) is 23.2. The average molecular weight is 302 g/mol. The molecule has 2 N–H and O–H groups in total. The summed E-state index contributed by atoms with van der Waals surface area (Å²) >= 11 is 3.21. The number of nitrogens with zero attached hydrogens (tertiary/aromatic N) is 2. The lowest BCUT2D eigenvalue weighted by Gasteiger charge is -2.11. The van der Waals surface area contributed by atoms with Gasteiger partial charge in [-0.05, 0) is 34.7 Å². The molecule has 0 aliphatic heterocycles. The lowest BCUT2D eigenvalue weighted by Crippen LogP contribution is -2.21. The van der Waals surface area contributed by atoms with E-state index in [1.807, 2.05) is 0 Å². The Hall–Kier alpha value is -1.21. The molecule has 0 saturated heterocycles. The van der Waals surface area contributed by atoms with Crippen molar-refractivity contribution < 1.29 is 10.0 Å². The number of rotatable bonds is 5. The molecule has 1 saturated carbocycles. The molecule has 0 bridgehead atoms. The van der Waals surface area contributed by atoms with Gasteiger partial charge in [-0.15, -0.1) is 0 Å². The number of hydrogen-bond acceptors (Lipinski definition) is 5. The molecule has 1 aromatic heterocycles. The Morgan fingerprint density at radius 3 is 2.94 bits per heavy atom. The van der Waals surface area contributed by atoms with Crippen LogP contribution in [0, 0.1) is 16.0 Å². The first-order valence-electron chi connectivity index (χ1n) is 5.30. The zero-order chi connectivity index (χ0) is 12.4. The Kier molecular flexibility index (Phi) is 3.58. The van der Waals surface area contributed by atoms with Crippen LogP contribution >= 0.6 is 15.9 Å². The number of aliphatic hydroxyl groups excluding tert-OH is 1. The number of pyridine rings is 1. The highest BCUT2D eigenvalue weighted by Crippen LogP contribution is 2.33. The zero-order valence-corrected chi connectivity index (χ0v) is 10.6. The summed E-state index contributed by atoms with van der Waals surface area (Å²) in [4.78, 5) is 14.0. The predicted molar refractivity (Wildman–Crippen MR) is 65.8 cm³/mol. The fourth-order valence-corrected chi connectivity index (χ4v) is 1.98. The molecule has 1 aromatic rings. The highest BCUT2D eigenvalue weighted by molar-refractivity contribution is 9.10. The molecule has 0 spiro atoms. The van der Waals surface area contributed by atoms with Gasteiger partial charge in [-0.1, -0.05) is 0 Å². The van der Waals surface area contributed by atoms with Gasteiger partial charge in [0.15, 0.2) is 0 Å². The second kappa shape index (κ2) is 4.97. The highest BCUT2D eigenvalue weighted by atomic mass is 79.9. The van der Waals surface area contributed by atoms with Gasteiger partial charge in [0.05, 0.1) is 15.5 Å². The maximum Gasteiger partial charge on any atom is 0.288 e. The highest BCUT2D eigenvalue weighted by Gasteiger charge is 2.29. The van der Waals surface area contributed by atoms with Gasteiger partial charge in [-0.3, -0.25) is 10.1 Å². The summed E-state index contributed by atoms with van der Waals surface area (Å²) in [7, 11) is 0. The van der Waals surface area contributed by atoms with E-state index in [4.69, 9.17) is 0 Å². The Morgan fingerprint density at radius 2 is 2.41 bits per heavy atom. The summed E-state index contributed by atoms with van der Waals surface area (Å²) in [6.45, 7) is 0.411. The molecule has 0 radical (unpaired) electrons. The molecule has 7 heteroatoms. The number of aliphatic hydroxyl groups is 1. The molecule has 1 heterocycles. The van der Waals surface area contributed by atoms with Crippen molar-refractivity contribution in [3.63, 3.8) is 0 Å². The number of hydrogen-bond donors (Lipinski definition) is 2. The van der Waals surface area contributed by atoms with E-state index in [-0.39, 0.29) is 11.8 Å². The number of nitro groups is 1. The third-order valence-corrected chi connectivity index (χ3v) is 3.29. The maximum absolute atomic E-state index is 10.5. The molecule has 1 unspecified atom stereocenters. The van der Waals surface area contributed by atoms with E-state index in [1.165, 1.54) is 12.3 Å². The summed E-state index contributed by atoms with van der Waals surface area (Å²) in [6, 6.07) is 1.39. The molecule has 0 amide bonds. The summed E-state index contributed by atoms with van der Waals surface area (Å²) in [6.07, 6.45) is 2.95. The van der Waals surface area contributed by atoms with Crippen molar-refractivity contribution in [3.05, 3.63) is 26.9 Å². The Balaban J connectivity index is 1.98. The minimum Gasteiger partial charge on any atom is -0.391 e. The van der Waals surface area contributed by atoms with E-state index in [9.17, 15) is 15.2 Å². The predicted octanol–water partition coefficient (Wildman–Crippen LogP) is 1.94. The van der Waals surface area contributed by atoms with Gasteiger partial charge < -0.3 is 10.4 Å². The van der Waals surface area contributed by atoms with Gasteiger partial charge in [0.2, 0.25) is 0 Å². The normalized spacial score (nSPS) is 16.6. The van der Waals surface area contributed by atoms with E-state index >= 15 is 0 Å². The van der Waals surface area contributed by atoms with Crippen LogP contribution < -0.4 is 5.32 Å². The van der Waals surface area contributed by atoms with Crippen LogP contribution in [0.25, 0.3) is 0 Å². The Morgan fingerprint density at radius 1 is 1.71 bits per heavy atom. The van der Waals surface area contributed by atoms with E-state index in [1.54, 1.807) is 0 Å². The minimum absolute atomic E-state index is 0.0647. The van der Waals surface area contributed by atoms with E-state index in [0.717, 1.165) is 12.8 Å². The van der Waals surface area contributed by atoms with Crippen molar-refractivity contribution in [2.75, 3.05) is 11.9 Å². The summed E-state index contributed by atoms with van der Waals surface area (Å²) in [5.41, 5.74) is -0.0647. The molecular weight excluding hydrogens is 290 g/mol. The lowest BCUT2D eigenvalue weighted by atomic mass is 10.2. The Bertz CT molecular complexity index is 437. The molecule has 1 aliphatic rings. The minimum atomic E-state index is -0.499. The smallest absolute Gasteiger partial charge is 0.288 e. The van der Waals surface area contributed by atoms with Crippen LogP contribution in [0.5, 0.6) is 0 Å². The monoisotopic (exact) mass is 301 g/mol. The number of nitrogens with one attached hydrogen (secondary N) is 1. The molecule has 1 aliphatic carbocycles. The number of anilines is 1. The second-order valence-electron chi connectivity index (χ2n) is 4.07. The van der Waals surface area contributed by atoms with Crippen LogP contribution in [0.3, 0.4) is 0 Å². The first-order chi connectivity index (χ1) is 8.08. The van der Waals surface area contributed by atoms with E-state index in [2.05, 4.69) is 26.2 Å². The average Bonchev–Trinajstić information content (AvgIpc) is 3.10. The third kappa shape index (κ3) is 3.13. The van der Waals surface area contributed by atoms with Crippen LogP contribution in [0.15, 0.2) is 16.7 Å². The lowest BCUT2D eigenvalue weighted by molar-refractivity contribution is -0.385. The molecule has 6 nitrogen and oxygen atoms in total. The van der Waals surface area contributed by atoms with Crippen molar-refractivity contribution in [1.29, 1.82) is 0 Å². The first-order valence-corrected chi connectivity index (χ1v) is 6.09. The van der Waals surface area contributed by atoms with Gasteiger partial charge in [0, 0.05) is 12.6 Å². The van der Waals surface area contributed by atoms with Crippen molar-refractivity contribution in [2.24, 2.45) is 5.92 Å². The van der Waals surface area contributed by atoms with Crippen LogP contribution in [0.2, 0.25) is 0 Å². The second-order valence-corrected chi connectivity index (χ2v) is 4.92. The van der Waals surface area contributed by atoms with Crippen LogP contribution in [0.1, 0.15) is 12.8 Å². The van der Waals surface area contributed by atoms with Crippen molar-refractivity contribution in [1.82, 2.24) is 4.98 Å². The van der Waals surface area contributed by atoms with Crippen molar-refractivity contribution in [3.8, 4) is 0 Å². The molecule has 1 atom stereocenters. The molecular formula is C10H12BrN3O3. The van der Waals surface area contributed by atoms with Crippen LogP contribution in [-0.2, 0) is 0 Å². The van der Waals surface area contributed by atoms with Gasteiger partial charge in [0.1, 0.15) is 12.0 Å². The van der Waals surface area contributed by atoms with Gasteiger partial charge in [0.25, 0.3) is 5.69 Å². The van der Waals surface area contributed by atoms with E-state index < -0.39 is 4.92 Å². The van der Waals surface area contributed by atoms with Gasteiger partial charge in [-0.25, -0.2) is 4.98 Å². The van der Waals surface area contributed by atoms with Crippen molar-refractivity contribution >= 4 is 27.4 Å². The molecule has 2 rings (SSSR count). The standard InChI is InChI=1S/C10H12BrN3O3/c11-8-3-7(14(16)17)4-12-10(8)13-5-9(15)6-1-2-6/h3-4,6,9,15H,1-2,5H2,(H,12,13). The molecule has 92 valence electrons. The zero-order valence-electron chi connectivity index (χ0n) is 8.97. The van der Waals surface area contributed by atoms with E-state index in [0.29, 0.717) is 22.8 Å². The molecule has 1 fully saturated rings. The molecule has 0 aromatic carbocycles. The quantitative estimate of drug-likeness (QED) is 0.641. The van der Waals surface area contributed by atoms with Crippen LogP contribution in [0.4, 0.5) is 11.5 Å². The number of aromatic nitrogens is 1. The maximum atomic E-state index is 10.5. The van der Waals surface area contributed by atoms with Gasteiger partial charge >= 0.3 is 0 Å². The fraction of sp³-hybridized carbons (Fsp3) is 0.500.